The standard InChI is InChI=1S/C12H30N2Si/c1-11(2)9-15(13(5)6,14(7)8)10-12(3)4/h11-12H,9-10H2,1-8H3. The molecule has 0 N–H and O–H groups in total. The monoisotopic (exact) mass is 230 g/mol. The number of hydrogen-bond acceptors (Lipinski definition) is 2. The maximum absolute atomic E-state index is 2.52. The predicted molar refractivity (Wildman–Crippen MR) is 72.4 cm³/mol. The van der Waals surface area contributed by atoms with Gasteiger partial charge in [-0.05, 0) is 52.1 Å². The molecule has 0 aromatic heterocycles. The Labute approximate surface area is 97.8 Å². The molecule has 0 radical (unpaired) electrons. The van der Waals surface area contributed by atoms with Gasteiger partial charge in [-0.25, -0.2) is 0 Å². The van der Waals surface area contributed by atoms with Crippen LogP contribution in [-0.4, -0.2) is 45.7 Å². The van der Waals surface area contributed by atoms with Gasteiger partial charge in [0, 0.05) is 0 Å². The highest BCUT2D eigenvalue weighted by molar-refractivity contribution is 6.74. The fourth-order valence-corrected chi connectivity index (χ4v) is 7.56. The van der Waals surface area contributed by atoms with Crippen molar-refractivity contribution in [2.24, 2.45) is 11.8 Å². The van der Waals surface area contributed by atoms with E-state index >= 15 is 0 Å². The van der Waals surface area contributed by atoms with Gasteiger partial charge in [-0.2, -0.15) is 0 Å². The van der Waals surface area contributed by atoms with E-state index in [-0.39, 0.29) is 0 Å². The number of nitrogens with zero attached hydrogens (tertiary/aromatic N) is 2. The zero-order valence-electron chi connectivity index (χ0n) is 12.0. The molecule has 0 aromatic rings. The van der Waals surface area contributed by atoms with Gasteiger partial charge < -0.3 is 9.13 Å². The minimum atomic E-state index is -1.41. The molecular weight excluding hydrogens is 200 g/mol. The first-order valence-corrected chi connectivity index (χ1v) is 8.38. The molecule has 0 saturated heterocycles. The van der Waals surface area contributed by atoms with Crippen LogP contribution in [0, 0.1) is 11.8 Å². The van der Waals surface area contributed by atoms with E-state index in [4.69, 9.17) is 0 Å². The summed E-state index contributed by atoms with van der Waals surface area (Å²) < 4.78 is 5.04. The maximum Gasteiger partial charge on any atom is 0.206 e. The zero-order chi connectivity index (χ0) is 12.2. The molecule has 0 fully saturated rings. The number of rotatable bonds is 6. The van der Waals surface area contributed by atoms with E-state index in [9.17, 15) is 0 Å². The molecular formula is C12H30N2Si. The Balaban J connectivity index is 4.90. The van der Waals surface area contributed by atoms with Crippen molar-refractivity contribution >= 4 is 8.40 Å². The summed E-state index contributed by atoms with van der Waals surface area (Å²) in [5.41, 5.74) is 0. The lowest BCUT2D eigenvalue weighted by Crippen LogP contribution is -2.61. The molecule has 0 spiro atoms. The molecule has 0 amide bonds. The SMILES string of the molecule is CC(C)C[Si](CC(C)C)(N(C)C)N(C)C. The van der Waals surface area contributed by atoms with E-state index in [0.717, 1.165) is 11.8 Å². The molecule has 0 aliphatic rings. The lowest BCUT2D eigenvalue weighted by molar-refractivity contribution is 0.441. The predicted octanol–water partition coefficient (Wildman–Crippen LogP) is 2.86. The van der Waals surface area contributed by atoms with Gasteiger partial charge in [-0.1, -0.05) is 27.7 Å². The Hall–Kier alpha value is 0.137. The third-order valence-corrected chi connectivity index (χ3v) is 9.41. The minimum absolute atomic E-state index is 0.792. The van der Waals surface area contributed by atoms with Crippen LogP contribution in [0.4, 0.5) is 0 Å². The summed E-state index contributed by atoms with van der Waals surface area (Å²) in [6, 6.07) is 2.73. The third kappa shape index (κ3) is 4.25. The minimum Gasteiger partial charge on any atom is -0.317 e. The Morgan fingerprint density at radius 2 is 1.00 bits per heavy atom. The highest BCUT2D eigenvalue weighted by Gasteiger charge is 2.39. The summed E-state index contributed by atoms with van der Waals surface area (Å²) in [5.74, 6) is 1.58. The smallest absolute Gasteiger partial charge is 0.206 e. The van der Waals surface area contributed by atoms with Gasteiger partial charge in [0.25, 0.3) is 0 Å². The van der Waals surface area contributed by atoms with Gasteiger partial charge in [0.05, 0.1) is 0 Å². The second kappa shape index (κ2) is 6.02. The quantitative estimate of drug-likeness (QED) is 0.648. The average Bonchev–Trinajstić information content (AvgIpc) is 1.99. The van der Waals surface area contributed by atoms with Crippen LogP contribution in [0.2, 0.25) is 12.1 Å². The van der Waals surface area contributed by atoms with Crippen molar-refractivity contribution in [1.82, 2.24) is 9.13 Å². The van der Waals surface area contributed by atoms with Gasteiger partial charge in [0.1, 0.15) is 0 Å². The van der Waals surface area contributed by atoms with Crippen molar-refractivity contribution in [3.05, 3.63) is 0 Å². The van der Waals surface area contributed by atoms with Gasteiger partial charge in [-0.15, -0.1) is 0 Å². The molecule has 0 aliphatic carbocycles. The van der Waals surface area contributed by atoms with Crippen molar-refractivity contribution < 1.29 is 0 Å². The molecule has 0 atom stereocenters. The first-order valence-electron chi connectivity index (χ1n) is 6.07. The topological polar surface area (TPSA) is 6.48 Å². The zero-order valence-corrected chi connectivity index (χ0v) is 13.0. The summed E-state index contributed by atoms with van der Waals surface area (Å²) in [6.45, 7) is 9.37. The second-order valence-electron chi connectivity index (χ2n) is 5.97. The largest absolute Gasteiger partial charge is 0.317 e. The van der Waals surface area contributed by atoms with Crippen LogP contribution >= 0.6 is 0 Å². The first-order chi connectivity index (χ1) is 6.72. The molecule has 15 heavy (non-hydrogen) atoms. The third-order valence-electron chi connectivity index (χ3n) is 3.14. The number of hydrogen-bond donors (Lipinski definition) is 0. The van der Waals surface area contributed by atoms with Gasteiger partial charge >= 0.3 is 0 Å². The van der Waals surface area contributed by atoms with E-state index in [1.165, 1.54) is 12.1 Å². The van der Waals surface area contributed by atoms with Crippen LogP contribution < -0.4 is 0 Å². The fourth-order valence-electron chi connectivity index (χ4n) is 2.52. The van der Waals surface area contributed by atoms with Crippen LogP contribution in [-0.2, 0) is 0 Å². The van der Waals surface area contributed by atoms with E-state index in [1.807, 2.05) is 0 Å². The molecule has 2 nitrogen and oxygen atoms in total. The molecule has 0 aromatic carbocycles. The summed E-state index contributed by atoms with van der Waals surface area (Å²) in [6.07, 6.45) is 0. The Morgan fingerprint density at radius 3 is 1.13 bits per heavy atom. The van der Waals surface area contributed by atoms with Crippen molar-refractivity contribution in [3.63, 3.8) is 0 Å². The highest BCUT2D eigenvalue weighted by Crippen LogP contribution is 2.28. The summed E-state index contributed by atoms with van der Waals surface area (Å²) in [4.78, 5) is 0. The van der Waals surface area contributed by atoms with Crippen molar-refractivity contribution in [1.29, 1.82) is 0 Å². The highest BCUT2D eigenvalue weighted by atomic mass is 28.3. The molecule has 0 aliphatic heterocycles. The van der Waals surface area contributed by atoms with Crippen molar-refractivity contribution in [2.45, 2.75) is 39.8 Å². The second-order valence-corrected chi connectivity index (χ2v) is 10.5. The Morgan fingerprint density at radius 1 is 0.733 bits per heavy atom. The van der Waals surface area contributed by atoms with Crippen LogP contribution in [0.5, 0.6) is 0 Å². The van der Waals surface area contributed by atoms with Gasteiger partial charge in [0.2, 0.25) is 8.40 Å². The van der Waals surface area contributed by atoms with E-state index in [1.54, 1.807) is 0 Å². The molecule has 0 unspecified atom stereocenters. The van der Waals surface area contributed by atoms with E-state index in [2.05, 4.69) is 65.0 Å². The molecule has 0 bridgehead atoms. The van der Waals surface area contributed by atoms with Crippen LogP contribution in [0.1, 0.15) is 27.7 Å². The summed E-state index contributed by atoms with van der Waals surface area (Å²) in [7, 11) is 7.63. The van der Waals surface area contributed by atoms with Crippen LogP contribution in [0.3, 0.4) is 0 Å². The average molecular weight is 230 g/mol. The normalized spacial score (nSPS) is 13.6. The van der Waals surface area contributed by atoms with Crippen LogP contribution in [0.25, 0.3) is 0 Å². The van der Waals surface area contributed by atoms with Crippen LogP contribution in [0.15, 0.2) is 0 Å². The van der Waals surface area contributed by atoms with Crippen molar-refractivity contribution in [2.75, 3.05) is 28.2 Å². The summed E-state index contributed by atoms with van der Waals surface area (Å²) >= 11 is 0. The van der Waals surface area contributed by atoms with E-state index in [0.29, 0.717) is 0 Å². The Bertz CT molecular complexity index is 156. The van der Waals surface area contributed by atoms with Gasteiger partial charge in [-0.3, -0.25) is 0 Å². The first kappa shape index (κ1) is 15.1. The molecule has 0 saturated carbocycles. The lowest BCUT2D eigenvalue weighted by atomic mass is 10.3. The lowest BCUT2D eigenvalue weighted by Gasteiger charge is -2.45. The summed E-state index contributed by atoms with van der Waals surface area (Å²) in [5, 5.41) is 0. The maximum atomic E-state index is 2.52. The fraction of sp³-hybridized carbons (Fsp3) is 1.00. The van der Waals surface area contributed by atoms with E-state index < -0.39 is 8.40 Å². The molecule has 0 heterocycles. The Kier molecular flexibility index (Phi) is 6.07. The molecule has 3 heteroatoms. The van der Waals surface area contributed by atoms with Gasteiger partial charge in [0.15, 0.2) is 0 Å². The molecule has 0 rings (SSSR count). The molecule has 92 valence electrons. The van der Waals surface area contributed by atoms with Crippen molar-refractivity contribution in [3.8, 4) is 0 Å².